The minimum atomic E-state index is -0.753. The zero-order valence-corrected chi connectivity index (χ0v) is 10.1. The summed E-state index contributed by atoms with van der Waals surface area (Å²) in [5, 5.41) is 8.37. The second kappa shape index (κ2) is 6.00. The van der Waals surface area contributed by atoms with Gasteiger partial charge in [0.05, 0.1) is 0 Å². The van der Waals surface area contributed by atoms with Gasteiger partial charge in [-0.05, 0) is 21.0 Å². The monoisotopic (exact) mass is 240 g/mol. The zero-order valence-electron chi connectivity index (χ0n) is 10.1. The number of aromatic nitrogens is 1. The topological polar surface area (TPSA) is 87.5 Å². The summed E-state index contributed by atoms with van der Waals surface area (Å²) >= 11 is 0. The molecule has 1 heterocycles. The first-order valence-corrected chi connectivity index (χ1v) is 5.16. The van der Waals surface area contributed by atoms with E-state index in [-0.39, 0.29) is 5.82 Å². The van der Waals surface area contributed by atoms with Crippen molar-refractivity contribution in [2.75, 3.05) is 32.5 Å². The molecule has 1 aromatic heterocycles. The van der Waals surface area contributed by atoms with Gasteiger partial charge in [-0.2, -0.15) is 0 Å². The number of anilines is 1. The predicted octanol–water partition coefficient (Wildman–Crippen LogP) is -0.401. The highest BCUT2D eigenvalue weighted by Crippen LogP contribution is 2.06. The molecule has 0 bridgehead atoms. The normalized spacial score (nSPS) is 10.4. The molecule has 0 aliphatic carbocycles. The van der Waals surface area contributed by atoms with E-state index >= 15 is 0 Å². The zero-order chi connectivity index (χ0) is 12.8. The third-order valence-electron chi connectivity index (χ3n) is 1.92. The summed E-state index contributed by atoms with van der Waals surface area (Å²) in [4.78, 5) is 24.6. The molecule has 1 rings (SSSR count). The number of likely N-dealkylation sites (N-methyl/N-ethyl adjacent to an activating group) is 1. The van der Waals surface area contributed by atoms with Crippen LogP contribution in [0.1, 0.15) is 5.76 Å². The summed E-state index contributed by atoms with van der Waals surface area (Å²) < 4.78 is 4.75. The van der Waals surface area contributed by atoms with Crippen molar-refractivity contribution in [1.82, 2.24) is 15.4 Å². The van der Waals surface area contributed by atoms with E-state index in [2.05, 4.69) is 15.8 Å². The van der Waals surface area contributed by atoms with Crippen LogP contribution in [0.2, 0.25) is 0 Å². The number of nitrogens with zero attached hydrogens (tertiary/aromatic N) is 2. The molecule has 7 heteroatoms. The van der Waals surface area contributed by atoms with Crippen molar-refractivity contribution in [2.24, 2.45) is 0 Å². The Morgan fingerprint density at radius 1 is 1.41 bits per heavy atom. The van der Waals surface area contributed by atoms with Crippen LogP contribution >= 0.6 is 0 Å². The van der Waals surface area contributed by atoms with Crippen LogP contribution in [-0.2, 0) is 9.59 Å². The first-order valence-electron chi connectivity index (χ1n) is 5.16. The molecule has 1 aromatic rings. The molecule has 2 N–H and O–H groups in total. The van der Waals surface area contributed by atoms with Crippen LogP contribution in [0.5, 0.6) is 0 Å². The van der Waals surface area contributed by atoms with E-state index in [1.807, 2.05) is 19.0 Å². The maximum atomic E-state index is 11.4. The summed E-state index contributed by atoms with van der Waals surface area (Å²) in [5.74, 6) is -0.645. The van der Waals surface area contributed by atoms with Gasteiger partial charge in [0.1, 0.15) is 5.76 Å². The molecule has 2 amide bonds. The Labute approximate surface area is 99.1 Å². The maximum Gasteiger partial charge on any atom is 0.314 e. The minimum absolute atomic E-state index is 0.232. The molecule has 7 nitrogen and oxygen atoms in total. The maximum absolute atomic E-state index is 11.4. The summed E-state index contributed by atoms with van der Waals surface area (Å²) in [7, 11) is 3.76. The molecular formula is C10H16N4O3. The molecule has 0 saturated carbocycles. The van der Waals surface area contributed by atoms with E-state index in [0.717, 1.165) is 0 Å². The van der Waals surface area contributed by atoms with Crippen molar-refractivity contribution < 1.29 is 14.1 Å². The highest BCUT2D eigenvalue weighted by atomic mass is 16.5. The lowest BCUT2D eigenvalue weighted by atomic mass is 10.4. The third-order valence-corrected chi connectivity index (χ3v) is 1.92. The molecule has 94 valence electrons. The van der Waals surface area contributed by atoms with E-state index in [4.69, 9.17) is 4.52 Å². The van der Waals surface area contributed by atoms with Gasteiger partial charge in [0.2, 0.25) is 0 Å². The lowest BCUT2D eigenvalue weighted by Crippen LogP contribution is -2.38. The van der Waals surface area contributed by atoms with Crippen molar-refractivity contribution in [2.45, 2.75) is 6.92 Å². The van der Waals surface area contributed by atoms with Crippen LogP contribution in [0.3, 0.4) is 0 Å². The smallest absolute Gasteiger partial charge is 0.314 e. The number of hydrogen-bond donors (Lipinski definition) is 2. The van der Waals surface area contributed by atoms with Crippen molar-refractivity contribution in [3.63, 3.8) is 0 Å². The fourth-order valence-corrected chi connectivity index (χ4v) is 1.07. The van der Waals surface area contributed by atoms with E-state index in [0.29, 0.717) is 18.8 Å². The van der Waals surface area contributed by atoms with Crippen molar-refractivity contribution in [3.05, 3.63) is 11.8 Å². The van der Waals surface area contributed by atoms with Crippen LogP contribution in [-0.4, -0.2) is 49.1 Å². The highest BCUT2D eigenvalue weighted by Gasteiger charge is 2.14. The average Bonchev–Trinajstić information content (AvgIpc) is 2.63. The van der Waals surface area contributed by atoms with Gasteiger partial charge in [0.25, 0.3) is 0 Å². The molecule has 0 atom stereocenters. The number of carbonyl (C=O) groups is 2. The van der Waals surface area contributed by atoms with Crippen molar-refractivity contribution in [3.8, 4) is 0 Å². The first kappa shape index (κ1) is 13.2. The Morgan fingerprint density at radius 3 is 2.65 bits per heavy atom. The molecular weight excluding hydrogens is 224 g/mol. The highest BCUT2D eigenvalue weighted by molar-refractivity contribution is 6.39. The number of carbonyl (C=O) groups excluding carboxylic acids is 2. The molecule has 0 aliphatic rings. The fourth-order valence-electron chi connectivity index (χ4n) is 1.07. The Balaban J connectivity index is 2.34. The van der Waals surface area contributed by atoms with E-state index in [9.17, 15) is 9.59 Å². The SMILES string of the molecule is Cc1cc(NC(=O)C(=O)NCCN(C)C)no1. The molecule has 0 fully saturated rings. The standard InChI is InChI=1S/C10H16N4O3/c1-7-6-8(13-17-7)12-10(16)9(15)11-4-5-14(2)3/h6H,4-5H2,1-3H3,(H,11,15)(H,12,13,16). The molecule has 17 heavy (non-hydrogen) atoms. The van der Waals surface area contributed by atoms with Crippen LogP contribution in [0.15, 0.2) is 10.6 Å². The van der Waals surface area contributed by atoms with Gasteiger partial charge >= 0.3 is 11.8 Å². The van der Waals surface area contributed by atoms with Gasteiger partial charge in [-0.25, -0.2) is 0 Å². The lowest BCUT2D eigenvalue weighted by molar-refractivity contribution is -0.136. The number of amides is 2. The summed E-state index contributed by atoms with van der Waals surface area (Å²) in [5.41, 5.74) is 0. The summed E-state index contributed by atoms with van der Waals surface area (Å²) in [6.45, 7) is 2.78. The van der Waals surface area contributed by atoms with Crippen LogP contribution in [0.25, 0.3) is 0 Å². The Bertz CT molecular complexity index is 400. The van der Waals surface area contributed by atoms with Crippen LogP contribution in [0.4, 0.5) is 5.82 Å². The number of hydrogen-bond acceptors (Lipinski definition) is 5. The first-order chi connectivity index (χ1) is 7.99. The van der Waals surface area contributed by atoms with Crippen molar-refractivity contribution in [1.29, 1.82) is 0 Å². The molecule has 0 unspecified atom stereocenters. The van der Waals surface area contributed by atoms with Crippen molar-refractivity contribution >= 4 is 17.6 Å². The van der Waals surface area contributed by atoms with E-state index in [1.165, 1.54) is 6.07 Å². The Kier molecular flexibility index (Phi) is 4.65. The quantitative estimate of drug-likeness (QED) is 0.699. The van der Waals surface area contributed by atoms with E-state index in [1.54, 1.807) is 6.92 Å². The predicted molar refractivity (Wildman–Crippen MR) is 61.4 cm³/mol. The Morgan fingerprint density at radius 2 is 2.12 bits per heavy atom. The van der Waals surface area contributed by atoms with Gasteiger partial charge in [-0.15, -0.1) is 0 Å². The summed E-state index contributed by atoms with van der Waals surface area (Å²) in [6, 6.07) is 1.53. The van der Waals surface area contributed by atoms with E-state index < -0.39 is 11.8 Å². The number of aryl methyl sites for hydroxylation is 1. The second-order valence-corrected chi connectivity index (χ2v) is 3.84. The minimum Gasteiger partial charge on any atom is -0.360 e. The third kappa shape index (κ3) is 4.64. The second-order valence-electron chi connectivity index (χ2n) is 3.84. The molecule has 0 aliphatic heterocycles. The summed E-state index contributed by atoms with van der Waals surface area (Å²) in [6.07, 6.45) is 0. The number of rotatable bonds is 4. The van der Waals surface area contributed by atoms with Crippen LogP contribution in [0, 0.1) is 6.92 Å². The lowest BCUT2D eigenvalue weighted by Gasteiger charge is -2.09. The molecule has 0 radical (unpaired) electrons. The fraction of sp³-hybridized carbons (Fsp3) is 0.500. The average molecular weight is 240 g/mol. The van der Waals surface area contributed by atoms with Gasteiger partial charge in [0.15, 0.2) is 5.82 Å². The molecule has 0 spiro atoms. The van der Waals surface area contributed by atoms with Crippen LogP contribution < -0.4 is 10.6 Å². The largest absolute Gasteiger partial charge is 0.360 e. The molecule has 0 saturated heterocycles. The van der Waals surface area contributed by atoms with Gasteiger partial charge < -0.3 is 14.7 Å². The van der Waals surface area contributed by atoms with Gasteiger partial charge in [0, 0.05) is 19.2 Å². The molecule has 0 aromatic carbocycles. The number of nitrogens with one attached hydrogen (secondary N) is 2. The Hall–Kier alpha value is -1.89. The van der Waals surface area contributed by atoms with Gasteiger partial charge in [-0.1, -0.05) is 5.16 Å². The van der Waals surface area contributed by atoms with Gasteiger partial charge in [-0.3, -0.25) is 14.9 Å².